The van der Waals surface area contributed by atoms with Crippen LogP contribution in [0.25, 0.3) is 5.69 Å². The number of nitrogens with zero attached hydrogens (tertiary/aromatic N) is 5. The first-order valence-corrected chi connectivity index (χ1v) is 7.38. The molecule has 2 heterocycles. The highest BCUT2D eigenvalue weighted by Crippen LogP contribution is 2.12. The van der Waals surface area contributed by atoms with Gasteiger partial charge in [-0.05, 0) is 37.7 Å². The number of rotatable bonds is 5. The Morgan fingerprint density at radius 2 is 1.91 bits per heavy atom. The maximum absolute atomic E-state index is 4.34. The molecule has 0 amide bonds. The van der Waals surface area contributed by atoms with E-state index in [1.807, 2.05) is 30.1 Å². The van der Waals surface area contributed by atoms with Crippen LogP contribution in [0.5, 0.6) is 0 Å². The molecule has 1 aromatic carbocycles. The fourth-order valence-corrected chi connectivity index (χ4v) is 2.52. The van der Waals surface area contributed by atoms with Crippen molar-refractivity contribution in [2.45, 2.75) is 20.0 Å². The van der Waals surface area contributed by atoms with Gasteiger partial charge in [0, 0.05) is 38.7 Å². The molecule has 5 nitrogen and oxygen atoms in total. The van der Waals surface area contributed by atoms with Crippen LogP contribution in [-0.4, -0.2) is 31.3 Å². The summed E-state index contributed by atoms with van der Waals surface area (Å²) in [5.41, 5.74) is 3.60. The zero-order chi connectivity index (χ0) is 15.5. The third-order valence-electron chi connectivity index (χ3n) is 3.91. The first-order valence-electron chi connectivity index (χ1n) is 7.38. The summed E-state index contributed by atoms with van der Waals surface area (Å²) in [5.74, 6) is 1.05. The van der Waals surface area contributed by atoms with Crippen molar-refractivity contribution in [1.29, 1.82) is 0 Å². The molecule has 0 radical (unpaired) electrons. The smallest absolute Gasteiger partial charge is 0.105 e. The minimum Gasteiger partial charge on any atom is -0.334 e. The Hall–Kier alpha value is -2.40. The van der Waals surface area contributed by atoms with Gasteiger partial charge in [-0.3, -0.25) is 4.90 Å². The van der Waals surface area contributed by atoms with Crippen molar-refractivity contribution in [3.8, 4) is 5.69 Å². The number of aryl methyl sites for hydroxylation is 1. The van der Waals surface area contributed by atoms with E-state index in [9.17, 15) is 0 Å². The summed E-state index contributed by atoms with van der Waals surface area (Å²) in [4.78, 5) is 6.63. The second kappa shape index (κ2) is 6.15. The van der Waals surface area contributed by atoms with E-state index in [1.54, 1.807) is 6.20 Å². The molecule has 3 aromatic rings. The fourth-order valence-electron chi connectivity index (χ4n) is 2.52. The highest BCUT2D eigenvalue weighted by molar-refractivity contribution is 5.33. The van der Waals surface area contributed by atoms with E-state index in [0.717, 1.165) is 24.6 Å². The van der Waals surface area contributed by atoms with Crippen LogP contribution in [0, 0.1) is 6.92 Å². The number of imidazole rings is 1. The summed E-state index contributed by atoms with van der Waals surface area (Å²) in [6, 6.07) is 10.4. The number of aromatic nitrogens is 4. The lowest BCUT2D eigenvalue weighted by Gasteiger charge is -2.17. The Kier molecular flexibility index (Phi) is 4.06. The van der Waals surface area contributed by atoms with Gasteiger partial charge in [0.15, 0.2) is 0 Å². The van der Waals surface area contributed by atoms with Crippen molar-refractivity contribution >= 4 is 0 Å². The van der Waals surface area contributed by atoms with Gasteiger partial charge in [0.2, 0.25) is 0 Å². The molecular formula is C17H21N5. The normalized spacial score (nSPS) is 11.3. The van der Waals surface area contributed by atoms with Crippen LogP contribution >= 0.6 is 0 Å². The van der Waals surface area contributed by atoms with E-state index in [0.29, 0.717) is 0 Å². The van der Waals surface area contributed by atoms with Crippen LogP contribution in [0.2, 0.25) is 0 Å². The van der Waals surface area contributed by atoms with Gasteiger partial charge in [0.1, 0.15) is 5.82 Å². The van der Waals surface area contributed by atoms with Crippen molar-refractivity contribution in [3.63, 3.8) is 0 Å². The van der Waals surface area contributed by atoms with Gasteiger partial charge >= 0.3 is 0 Å². The molecule has 0 bridgehead atoms. The zero-order valence-corrected chi connectivity index (χ0v) is 13.3. The number of benzene rings is 1. The number of hydrogen-bond acceptors (Lipinski definition) is 3. The fraction of sp³-hybridized carbons (Fsp3) is 0.294. The average molecular weight is 295 g/mol. The van der Waals surface area contributed by atoms with E-state index in [4.69, 9.17) is 0 Å². The molecule has 0 unspecified atom stereocenters. The lowest BCUT2D eigenvalue weighted by atomic mass is 10.2. The van der Waals surface area contributed by atoms with Crippen molar-refractivity contribution in [2.24, 2.45) is 7.05 Å². The highest BCUT2D eigenvalue weighted by Gasteiger charge is 2.07. The van der Waals surface area contributed by atoms with E-state index in [1.165, 1.54) is 11.3 Å². The van der Waals surface area contributed by atoms with Crippen molar-refractivity contribution in [2.75, 3.05) is 7.05 Å². The van der Waals surface area contributed by atoms with E-state index < -0.39 is 0 Å². The lowest BCUT2D eigenvalue weighted by molar-refractivity contribution is 0.311. The minimum atomic E-state index is 0.887. The Labute approximate surface area is 130 Å². The topological polar surface area (TPSA) is 38.9 Å². The summed E-state index contributed by atoms with van der Waals surface area (Å²) < 4.78 is 4.00. The standard InChI is InChI=1S/C17H21N5/c1-14-18-11-17(21(14)3)13-20(2)12-15-5-7-16(8-6-15)22-10-4-9-19-22/h4-11H,12-13H2,1-3H3. The highest BCUT2D eigenvalue weighted by atomic mass is 15.3. The SMILES string of the molecule is Cc1ncc(CN(C)Cc2ccc(-n3cccn3)cc2)n1C. The molecule has 114 valence electrons. The van der Waals surface area contributed by atoms with Crippen LogP contribution in [-0.2, 0) is 20.1 Å². The second-order valence-electron chi connectivity index (χ2n) is 5.65. The molecule has 3 rings (SSSR count). The van der Waals surface area contributed by atoms with Crippen molar-refractivity contribution in [1.82, 2.24) is 24.2 Å². The maximum Gasteiger partial charge on any atom is 0.105 e. The predicted octanol–water partition coefficient (Wildman–Crippen LogP) is 2.55. The summed E-state index contributed by atoms with van der Waals surface area (Å²) in [7, 11) is 4.19. The van der Waals surface area contributed by atoms with Crippen LogP contribution < -0.4 is 0 Å². The van der Waals surface area contributed by atoms with Gasteiger partial charge in [-0.15, -0.1) is 0 Å². The lowest BCUT2D eigenvalue weighted by Crippen LogP contribution is -2.19. The summed E-state index contributed by atoms with van der Waals surface area (Å²) in [6.07, 6.45) is 5.69. The zero-order valence-electron chi connectivity index (χ0n) is 13.3. The Bertz CT molecular complexity index is 725. The first-order chi connectivity index (χ1) is 10.6. The predicted molar refractivity (Wildman–Crippen MR) is 86.7 cm³/mol. The van der Waals surface area contributed by atoms with Crippen LogP contribution in [0.3, 0.4) is 0 Å². The third-order valence-corrected chi connectivity index (χ3v) is 3.91. The molecular weight excluding hydrogens is 274 g/mol. The molecule has 0 saturated carbocycles. The Balaban J connectivity index is 1.64. The molecule has 2 aromatic heterocycles. The Morgan fingerprint density at radius 3 is 2.50 bits per heavy atom. The average Bonchev–Trinajstić information content (AvgIpc) is 3.14. The van der Waals surface area contributed by atoms with Crippen molar-refractivity contribution in [3.05, 3.63) is 66.0 Å². The first kappa shape index (κ1) is 14.5. The second-order valence-corrected chi connectivity index (χ2v) is 5.65. The van der Waals surface area contributed by atoms with Gasteiger partial charge in [-0.1, -0.05) is 12.1 Å². The molecule has 0 aliphatic rings. The molecule has 0 saturated heterocycles. The van der Waals surface area contributed by atoms with E-state index >= 15 is 0 Å². The monoisotopic (exact) mass is 295 g/mol. The summed E-state index contributed by atoms with van der Waals surface area (Å²) in [5, 5.41) is 4.24. The maximum atomic E-state index is 4.34. The molecule has 22 heavy (non-hydrogen) atoms. The molecule has 0 aliphatic carbocycles. The van der Waals surface area contributed by atoms with Gasteiger partial charge in [-0.25, -0.2) is 9.67 Å². The summed E-state index contributed by atoms with van der Waals surface area (Å²) >= 11 is 0. The molecule has 0 aliphatic heterocycles. The third kappa shape index (κ3) is 3.09. The summed E-state index contributed by atoms with van der Waals surface area (Å²) in [6.45, 7) is 3.82. The molecule has 0 fully saturated rings. The Morgan fingerprint density at radius 1 is 1.14 bits per heavy atom. The minimum absolute atomic E-state index is 0.887. The van der Waals surface area contributed by atoms with Gasteiger partial charge in [0.25, 0.3) is 0 Å². The largest absolute Gasteiger partial charge is 0.334 e. The van der Waals surface area contributed by atoms with Gasteiger partial charge < -0.3 is 4.57 Å². The van der Waals surface area contributed by atoms with Crippen LogP contribution in [0.1, 0.15) is 17.1 Å². The number of hydrogen-bond donors (Lipinski definition) is 0. The van der Waals surface area contributed by atoms with Crippen molar-refractivity contribution < 1.29 is 0 Å². The van der Waals surface area contributed by atoms with Crippen LogP contribution in [0.4, 0.5) is 0 Å². The molecule has 5 heteroatoms. The molecule has 0 spiro atoms. The molecule has 0 atom stereocenters. The van der Waals surface area contributed by atoms with E-state index in [2.05, 4.69) is 57.9 Å². The van der Waals surface area contributed by atoms with Gasteiger partial charge in [0.05, 0.1) is 11.4 Å². The quantitative estimate of drug-likeness (QED) is 0.726. The van der Waals surface area contributed by atoms with Gasteiger partial charge in [-0.2, -0.15) is 5.10 Å². The van der Waals surface area contributed by atoms with Crippen LogP contribution in [0.15, 0.2) is 48.9 Å². The molecule has 0 N–H and O–H groups in total. The van der Waals surface area contributed by atoms with E-state index in [-0.39, 0.29) is 0 Å².